The van der Waals surface area contributed by atoms with Gasteiger partial charge in [0, 0.05) is 29.7 Å². The Morgan fingerprint density at radius 1 is 0.741 bits per heavy atom. The molecule has 11 heteroatoms. The van der Waals surface area contributed by atoms with Gasteiger partial charge in [-0.2, -0.15) is 0 Å². The zero-order valence-electron chi connectivity index (χ0n) is 14.2. The average Bonchev–Trinajstić information content (AvgIpc) is 2.69. The molecule has 0 aliphatic carbocycles. The molecule has 2 heterocycles. The first-order chi connectivity index (χ1) is 13.0. The molecule has 0 atom stereocenters. The van der Waals surface area contributed by atoms with Gasteiger partial charge >= 0.3 is 0 Å². The molecule has 146 valence electrons. The van der Waals surface area contributed by atoms with E-state index in [1.807, 2.05) is 67.8 Å². The molecule has 0 spiro atoms. The van der Waals surface area contributed by atoms with Crippen LogP contribution in [-0.4, -0.2) is 74.2 Å². The van der Waals surface area contributed by atoms with Crippen LogP contribution in [0.5, 0.6) is 0 Å². The fourth-order valence-corrected chi connectivity index (χ4v) is 7.24. The van der Waals surface area contributed by atoms with Gasteiger partial charge < -0.3 is 19.3 Å². The van der Waals surface area contributed by atoms with Crippen molar-refractivity contribution in [1.29, 1.82) is 0 Å². The van der Waals surface area contributed by atoms with Crippen LogP contribution < -0.4 is 0 Å². The van der Waals surface area contributed by atoms with Crippen molar-refractivity contribution in [2.45, 2.75) is 0 Å². The topological polar surface area (TPSA) is 88.5 Å². The maximum Gasteiger partial charge on any atom is 0.256 e. The summed E-state index contributed by atoms with van der Waals surface area (Å²) in [5.41, 5.74) is 0.874. The molecule has 3 rings (SSSR count). The summed E-state index contributed by atoms with van der Waals surface area (Å²) >= 11 is 5.98. The van der Waals surface area contributed by atoms with Gasteiger partial charge in [0.1, 0.15) is 5.69 Å². The maximum absolute atomic E-state index is 13.1. The van der Waals surface area contributed by atoms with E-state index in [-0.39, 0.29) is 17.5 Å². The number of nitrogens with zero attached hydrogens (tertiary/aromatic N) is 3. The van der Waals surface area contributed by atoms with Gasteiger partial charge in [-0.25, -0.2) is 0 Å². The highest BCUT2D eigenvalue weighted by molar-refractivity contribution is 14.1. The summed E-state index contributed by atoms with van der Waals surface area (Å²) in [4.78, 5) is 41.2. The summed E-state index contributed by atoms with van der Waals surface area (Å²) in [6.45, 7) is 3.81. The van der Waals surface area contributed by atoms with E-state index in [9.17, 15) is 14.5 Å². The monoisotopic (exact) mass is 711 g/mol. The van der Waals surface area contributed by atoms with Gasteiger partial charge in [-0.3, -0.25) is 9.59 Å². The first kappa shape index (κ1) is 21.6. The van der Waals surface area contributed by atoms with Crippen molar-refractivity contribution in [3.63, 3.8) is 0 Å². The van der Waals surface area contributed by atoms with Crippen LogP contribution in [0.3, 0.4) is 0 Å². The molecule has 0 aromatic heterocycles. The van der Waals surface area contributed by atoms with Gasteiger partial charge in [0.15, 0.2) is 0 Å². The van der Waals surface area contributed by atoms with Crippen LogP contribution in [0.2, 0.25) is 0 Å². The molecule has 2 amide bonds. The summed E-state index contributed by atoms with van der Waals surface area (Å²) in [5.74, 6) is -0.408. The highest BCUT2D eigenvalue weighted by atomic mass is 127. The highest BCUT2D eigenvalue weighted by Gasteiger charge is 2.33. The Kier molecular flexibility index (Phi) is 7.65. The van der Waals surface area contributed by atoms with Gasteiger partial charge in [0.25, 0.3) is 11.8 Å². The minimum Gasteiger partial charge on any atom is -0.378 e. The molecule has 1 aromatic carbocycles. The average molecular weight is 711 g/mol. The molecule has 0 saturated carbocycles. The SMILES string of the molecule is O=Nc1c(I)c(C(=O)N2CCOCC2)c(I)c(C(=O)N2CCOCC2)c1I. The molecule has 2 aliphatic heterocycles. The molecule has 2 fully saturated rings. The highest BCUT2D eigenvalue weighted by Crippen LogP contribution is 2.38. The first-order valence-corrected chi connectivity index (χ1v) is 11.5. The van der Waals surface area contributed by atoms with E-state index >= 15 is 0 Å². The van der Waals surface area contributed by atoms with Gasteiger partial charge in [0.2, 0.25) is 0 Å². The number of ether oxygens (including phenoxy) is 2. The van der Waals surface area contributed by atoms with Gasteiger partial charge in [-0.15, -0.1) is 4.91 Å². The van der Waals surface area contributed by atoms with Crippen LogP contribution in [0.15, 0.2) is 5.18 Å². The summed E-state index contributed by atoms with van der Waals surface area (Å²) < 4.78 is 12.1. The largest absolute Gasteiger partial charge is 0.378 e. The Hall–Kier alpha value is -0.130. The molecule has 0 N–H and O–H groups in total. The lowest BCUT2D eigenvalue weighted by molar-refractivity contribution is 0.0296. The van der Waals surface area contributed by atoms with Crippen molar-refractivity contribution in [2.24, 2.45) is 5.18 Å². The van der Waals surface area contributed by atoms with Crippen LogP contribution in [0.4, 0.5) is 5.69 Å². The van der Waals surface area contributed by atoms with Crippen molar-refractivity contribution >= 4 is 85.3 Å². The summed E-state index contributed by atoms with van der Waals surface area (Å²) in [6.07, 6.45) is 0. The Morgan fingerprint density at radius 3 is 1.44 bits per heavy atom. The van der Waals surface area contributed by atoms with Gasteiger partial charge in [0.05, 0.1) is 44.7 Å². The number of carbonyl (C=O) groups is 2. The van der Waals surface area contributed by atoms with Crippen LogP contribution in [0.25, 0.3) is 0 Å². The van der Waals surface area contributed by atoms with E-state index in [2.05, 4.69) is 5.18 Å². The third-order valence-electron chi connectivity index (χ3n) is 4.41. The minimum atomic E-state index is -0.204. The molecule has 27 heavy (non-hydrogen) atoms. The van der Waals surface area contributed by atoms with E-state index in [1.54, 1.807) is 9.80 Å². The summed E-state index contributed by atoms with van der Waals surface area (Å²) in [6, 6.07) is 0. The van der Waals surface area contributed by atoms with Crippen molar-refractivity contribution in [2.75, 3.05) is 52.6 Å². The maximum atomic E-state index is 13.1. The second-order valence-corrected chi connectivity index (χ2v) is 9.18. The van der Waals surface area contributed by atoms with E-state index < -0.39 is 0 Å². The number of halogens is 3. The number of benzene rings is 1. The zero-order valence-corrected chi connectivity index (χ0v) is 20.6. The summed E-state index contributed by atoms with van der Waals surface area (Å²) in [5, 5.41) is 3.13. The molecule has 2 saturated heterocycles. The third kappa shape index (κ3) is 4.40. The lowest BCUT2D eigenvalue weighted by Gasteiger charge is -2.30. The molecular formula is C16H16I3N3O5. The predicted molar refractivity (Wildman–Crippen MR) is 123 cm³/mol. The lowest BCUT2D eigenvalue weighted by Crippen LogP contribution is -2.43. The minimum absolute atomic E-state index is 0.143. The lowest BCUT2D eigenvalue weighted by atomic mass is 10.1. The molecule has 8 nitrogen and oxygen atoms in total. The zero-order chi connectivity index (χ0) is 19.6. The van der Waals surface area contributed by atoms with E-state index in [0.717, 1.165) is 0 Å². The Bertz CT molecular complexity index is 720. The van der Waals surface area contributed by atoms with Crippen molar-refractivity contribution in [1.82, 2.24) is 9.80 Å². The van der Waals surface area contributed by atoms with Gasteiger partial charge in [-0.1, -0.05) is 0 Å². The standard InChI is InChI=1S/C16H16I3N3O5/c17-11-9(15(23)21-1-5-26-6-2-21)12(18)14(20-25)13(19)10(11)16(24)22-3-7-27-8-4-22/h1-8H2. The second-order valence-electron chi connectivity index (χ2n) is 5.94. The Labute approximate surface area is 197 Å². The molecule has 0 unspecified atom stereocenters. The van der Waals surface area contributed by atoms with Crippen molar-refractivity contribution < 1.29 is 19.1 Å². The number of hydrogen-bond acceptors (Lipinski definition) is 6. The summed E-state index contributed by atoms with van der Waals surface area (Å²) in [7, 11) is 0. The number of nitroso groups, excluding NO2 is 1. The Morgan fingerprint density at radius 2 is 1.11 bits per heavy atom. The number of hydrogen-bond donors (Lipinski definition) is 0. The van der Waals surface area contributed by atoms with Crippen molar-refractivity contribution in [3.05, 3.63) is 26.7 Å². The predicted octanol–water partition coefficient (Wildman–Crippen LogP) is 2.84. The van der Waals surface area contributed by atoms with Crippen LogP contribution in [0, 0.1) is 15.6 Å². The smallest absolute Gasteiger partial charge is 0.256 e. The Balaban J connectivity index is 2.09. The molecule has 0 radical (unpaired) electrons. The van der Waals surface area contributed by atoms with Crippen LogP contribution in [-0.2, 0) is 9.47 Å². The van der Waals surface area contributed by atoms with E-state index in [0.29, 0.717) is 74.4 Å². The normalized spacial score (nSPS) is 17.7. The molecular weight excluding hydrogens is 695 g/mol. The van der Waals surface area contributed by atoms with Gasteiger partial charge in [-0.05, 0) is 72.9 Å². The van der Waals surface area contributed by atoms with E-state index in [1.165, 1.54) is 0 Å². The molecule has 1 aromatic rings. The quantitative estimate of drug-likeness (QED) is 0.356. The number of morpholine rings is 2. The van der Waals surface area contributed by atoms with Crippen LogP contribution in [0.1, 0.15) is 20.7 Å². The third-order valence-corrected chi connectivity index (χ3v) is 7.59. The number of carbonyl (C=O) groups excluding carboxylic acids is 2. The van der Waals surface area contributed by atoms with Crippen LogP contribution >= 0.6 is 67.8 Å². The fraction of sp³-hybridized carbons (Fsp3) is 0.500. The molecule has 0 bridgehead atoms. The first-order valence-electron chi connectivity index (χ1n) is 8.25. The molecule has 2 aliphatic rings. The van der Waals surface area contributed by atoms with Crippen molar-refractivity contribution in [3.8, 4) is 0 Å². The number of amides is 2. The van der Waals surface area contributed by atoms with E-state index in [4.69, 9.17) is 9.47 Å². The fourth-order valence-electron chi connectivity index (χ4n) is 2.96. The number of rotatable bonds is 3. The second kappa shape index (κ2) is 9.58.